The molecule has 2 N–H and O–H groups in total. The average Bonchev–Trinajstić information content (AvgIpc) is 3.84. The van der Waals surface area contributed by atoms with Crippen molar-refractivity contribution in [3.05, 3.63) is 101 Å². The highest BCUT2D eigenvalue weighted by Gasteiger charge is 2.43. The molecule has 38 heavy (non-hydrogen) atoms. The highest BCUT2D eigenvalue weighted by molar-refractivity contribution is 5.97. The quantitative estimate of drug-likeness (QED) is 0.400. The van der Waals surface area contributed by atoms with Gasteiger partial charge in [0, 0.05) is 36.0 Å². The Bertz CT molecular complexity index is 1690. The van der Waals surface area contributed by atoms with E-state index in [-0.39, 0.29) is 35.5 Å². The summed E-state index contributed by atoms with van der Waals surface area (Å²) in [6.45, 7) is 2.74. The monoisotopic (exact) mass is 506 g/mol. The summed E-state index contributed by atoms with van der Waals surface area (Å²) >= 11 is 0. The SMILES string of the molecule is C[C@@H]1c2ccccc2CCN1C(=O)c1cc(C2=CC2)c2nc(-c3ccc(C4C[C@@H]4C(N)=O)cc3F)cn2c1. The molecule has 0 radical (unpaired) electrons. The summed E-state index contributed by atoms with van der Waals surface area (Å²) in [5.74, 6) is -0.962. The fourth-order valence-corrected chi connectivity index (χ4v) is 5.92. The molecule has 2 aromatic carbocycles. The first-order valence-electron chi connectivity index (χ1n) is 13.1. The van der Waals surface area contributed by atoms with E-state index < -0.39 is 0 Å². The number of benzene rings is 2. The van der Waals surface area contributed by atoms with Gasteiger partial charge >= 0.3 is 0 Å². The number of carbonyl (C=O) groups excluding carboxylic acids is 2. The lowest BCUT2D eigenvalue weighted by atomic mass is 9.93. The largest absolute Gasteiger partial charge is 0.369 e. The number of rotatable bonds is 5. The molecule has 0 spiro atoms. The summed E-state index contributed by atoms with van der Waals surface area (Å²) in [4.78, 5) is 31.9. The van der Waals surface area contributed by atoms with Crippen LogP contribution in [-0.2, 0) is 11.2 Å². The molecule has 1 saturated carbocycles. The van der Waals surface area contributed by atoms with Gasteiger partial charge < -0.3 is 15.0 Å². The first kappa shape index (κ1) is 22.9. The van der Waals surface area contributed by atoms with E-state index in [1.165, 1.54) is 17.2 Å². The van der Waals surface area contributed by atoms with Gasteiger partial charge in [0.05, 0.1) is 17.3 Å². The van der Waals surface area contributed by atoms with Crippen molar-refractivity contribution in [1.82, 2.24) is 14.3 Å². The number of hydrogen-bond acceptors (Lipinski definition) is 3. The minimum absolute atomic E-state index is 0.0109. The minimum atomic E-state index is -0.384. The molecule has 1 unspecified atom stereocenters. The third-order valence-corrected chi connectivity index (χ3v) is 8.26. The van der Waals surface area contributed by atoms with Crippen molar-refractivity contribution in [1.29, 1.82) is 0 Å². The Morgan fingerprint density at radius 2 is 1.89 bits per heavy atom. The van der Waals surface area contributed by atoms with Crippen LogP contribution < -0.4 is 5.73 Å². The van der Waals surface area contributed by atoms with E-state index in [9.17, 15) is 9.59 Å². The average molecular weight is 507 g/mol. The maximum Gasteiger partial charge on any atom is 0.255 e. The minimum Gasteiger partial charge on any atom is -0.369 e. The highest BCUT2D eigenvalue weighted by atomic mass is 19.1. The van der Waals surface area contributed by atoms with Crippen LogP contribution in [0.4, 0.5) is 4.39 Å². The van der Waals surface area contributed by atoms with Gasteiger partial charge in [-0.3, -0.25) is 9.59 Å². The summed E-state index contributed by atoms with van der Waals surface area (Å²) in [7, 11) is 0. The van der Waals surface area contributed by atoms with Crippen molar-refractivity contribution in [3.63, 3.8) is 0 Å². The van der Waals surface area contributed by atoms with Gasteiger partial charge in [0.2, 0.25) is 5.91 Å². The molecular formula is C31H27FN4O2. The van der Waals surface area contributed by atoms with Gasteiger partial charge in [0.15, 0.2) is 0 Å². The Kier molecular flexibility index (Phi) is 5.05. The lowest BCUT2D eigenvalue weighted by Gasteiger charge is -2.35. The second kappa shape index (κ2) is 8.38. The second-order valence-electron chi connectivity index (χ2n) is 10.6. The van der Waals surface area contributed by atoms with E-state index in [1.54, 1.807) is 12.3 Å². The van der Waals surface area contributed by atoms with Gasteiger partial charge in [0.25, 0.3) is 5.91 Å². The van der Waals surface area contributed by atoms with Crippen molar-refractivity contribution < 1.29 is 14.0 Å². The van der Waals surface area contributed by atoms with Crippen LogP contribution in [0.5, 0.6) is 0 Å². The maximum atomic E-state index is 15.2. The molecule has 3 atom stereocenters. The first-order valence-corrected chi connectivity index (χ1v) is 13.1. The molecule has 4 aromatic rings. The number of imidazole rings is 1. The van der Waals surface area contributed by atoms with Crippen LogP contribution in [0.2, 0.25) is 0 Å². The van der Waals surface area contributed by atoms with Crippen molar-refractivity contribution in [3.8, 4) is 11.3 Å². The molecule has 1 aliphatic heterocycles. The molecule has 1 fully saturated rings. The Morgan fingerprint density at radius 3 is 2.63 bits per heavy atom. The predicted octanol–water partition coefficient (Wildman–Crippen LogP) is 5.28. The second-order valence-corrected chi connectivity index (χ2v) is 10.6. The van der Waals surface area contributed by atoms with Crippen molar-refractivity contribution in [2.75, 3.05) is 6.54 Å². The number of nitrogens with zero attached hydrogens (tertiary/aromatic N) is 3. The van der Waals surface area contributed by atoms with E-state index in [2.05, 4.69) is 25.1 Å². The Hall–Kier alpha value is -4.26. The van der Waals surface area contributed by atoms with Crippen LogP contribution in [0.15, 0.2) is 67.0 Å². The summed E-state index contributed by atoms with van der Waals surface area (Å²) in [5, 5.41) is 0. The molecule has 2 aliphatic carbocycles. The Morgan fingerprint density at radius 1 is 1.08 bits per heavy atom. The number of nitrogens with two attached hydrogens (primary N) is 1. The van der Waals surface area contributed by atoms with Gasteiger partial charge in [-0.15, -0.1) is 0 Å². The molecule has 2 aromatic heterocycles. The number of amides is 2. The lowest BCUT2D eigenvalue weighted by molar-refractivity contribution is -0.119. The molecule has 7 rings (SSSR count). The third kappa shape index (κ3) is 3.72. The smallest absolute Gasteiger partial charge is 0.255 e. The zero-order valence-electron chi connectivity index (χ0n) is 21.0. The van der Waals surface area contributed by atoms with Gasteiger partial charge in [-0.25, -0.2) is 9.37 Å². The van der Waals surface area contributed by atoms with Crippen LogP contribution in [0, 0.1) is 11.7 Å². The Labute approximate surface area is 219 Å². The standard InChI is InChI=1S/C31H27FN4O2/c1-17-22-5-3-2-4-18(22)10-11-36(17)31(38)21-12-25(19-6-7-19)30-34-28(16-35(30)15-21)23-9-8-20(13-27(23)32)24-14-26(24)29(33)37/h2-6,8-9,12-13,15-17,24,26H,7,10-11,14H2,1H3,(H2,33,37)/t17-,24?,26+/m1/s1. The number of halogens is 1. The van der Waals surface area contributed by atoms with E-state index in [0.717, 1.165) is 29.5 Å². The Balaban J connectivity index is 1.24. The van der Waals surface area contributed by atoms with Gasteiger partial charge in [-0.05, 0) is 72.6 Å². The van der Waals surface area contributed by atoms with Crippen LogP contribution in [0.25, 0.3) is 22.5 Å². The van der Waals surface area contributed by atoms with Crippen molar-refractivity contribution in [2.24, 2.45) is 11.7 Å². The molecule has 2 amide bonds. The first-order chi connectivity index (χ1) is 18.4. The molecule has 3 aliphatic rings. The van der Waals surface area contributed by atoms with Gasteiger partial charge in [-0.1, -0.05) is 36.4 Å². The third-order valence-electron chi connectivity index (χ3n) is 8.26. The summed E-state index contributed by atoms with van der Waals surface area (Å²) in [5.41, 5.74) is 12.9. The van der Waals surface area contributed by atoms with E-state index in [0.29, 0.717) is 35.4 Å². The topological polar surface area (TPSA) is 80.7 Å². The van der Waals surface area contributed by atoms with E-state index in [4.69, 9.17) is 10.7 Å². The molecule has 0 saturated heterocycles. The van der Waals surface area contributed by atoms with Crippen LogP contribution in [-0.4, -0.2) is 32.6 Å². The summed E-state index contributed by atoms with van der Waals surface area (Å²) in [6, 6.07) is 15.3. The molecule has 3 heterocycles. The van der Waals surface area contributed by atoms with Crippen LogP contribution >= 0.6 is 0 Å². The number of carbonyl (C=O) groups is 2. The summed E-state index contributed by atoms with van der Waals surface area (Å²) < 4.78 is 17.1. The van der Waals surface area contributed by atoms with Gasteiger partial charge in [-0.2, -0.15) is 0 Å². The maximum absolute atomic E-state index is 15.2. The molecule has 6 nitrogen and oxygen atoms in total. The number of fused-ring (bicyclic) bond motifs is 2. The van der Waals surface area contributed by atoms with Crippen molar-refractivity contribution >= 4 is 23.0 Å². The molecule has 190 valence electrons. The van der Waals surface area contributed by atoms with E-state index >= 15 is 4.39 Å². The number of primary amides is 1. The predicted molar refractivity (Wildman–Crippen MR) is 143 cm³/mol. The molecule has 0 bridgehead atoms. The van der Waals surface area contributed by atoms with Crippen LogP contribution in [0.1, 0.15) is 64.3 Å². The summed E-state index contributed by atoms with van der Waals surface area (Å²) in [6.07, 6.45) is 8.06. The molecular weight excluding hydrogens is 479 g/mol. The number of allylic oxidation sites excluding steroid dienone is 2. The fourth-order valence-electron chi connectivity index (χ4n) is 5.92. The zero-order chi connectivity index (χ0) is 26.1. The van der Waals surface area contributed by atoms with Crippen LogP contribution in [0.3, 0.4) is 0 Å². The number of hydrogen-bond donors (Lipinski definition) is 1. The molecule has 7 heteroatoms. The highest BCUT2D eigenvalue weighted by Crippen LogP contribution is 2.47. The van der Waals surface area contributed by atoms with E-state index in [1.807, 2.05) is 39.8 Å². The normalized spacial score (nSPS) is 21.7. The fraction of sp³-hybridized carbons (Fsp3) is 0.258. The zero-order valence-corrected chi connectivity index (χ0v) is 21.0. The number of pyridine rings is 1. The van der Waals surface area contributed by atoms with Gasteiger partial charge in [0.1, 0.15) is 11.5 Å². The lowest BCUT2D eigenvalue weighted by Crippen LogP contribution is -2.39. The number of aromatic nitrogens is 2. The van der Waals surface area contributed by atoms with Crippen molar-refractivity contribution in [2.45, 2.75) is 38.1 Å².